The van der Waals surface area contributed by atoms with Gasteiger partial charge in [-0.1, -0.05) is 23.2 Å². The molecule has 0 fully saturated rings. The smallest absolute Gasteiger partial charge is 0.261 e. The van der Waals surface area contributed by atoms with Crippen molar-refractivity contribution >= 4 is 52.1 Å². The number of rotatable bonds is 4. The molecule has 126 valence electrons. The lowest BCUT2D eigenvalue weighted by Gasteiger charge is -2.13. The molecule has 0 aliphatic heterocycles. The lowest BCUT2D eigenvalue weighted by molar-refractivity contribution is 0.0974. The van der Waals surface area contributed by atoms with E-state index in [9.17, 15) is 4.79 Å². The minimum absolute atomic E-state index is 0.108. The Morgan fingerprint density at radius 1 is 1.04 bits per heavy atom. The third-order valence-electron chi connectivity index (χ3n) is 3.00. The number of carbonyl (C=O) groups excluding carboxylic acids is 1. The third-order valence-corrected chi connectivity index (χ3v) is 3.64. The van der Waals surface area contributed by atoms with Gasteiger partial charge in [-0.2, -0.15) is 0 Å². The maximum Gasteiger partial charge on any atom is 0.261 e. The molecule has 2 aromatic rings. The van der Waals surface area contributed by atoms with E-state index in [0.717, 1.165) is 0 Å². The fourth-order valence-electron chi connectivity index (χ4n) is 1.94. The maximum atomic E-state index is 12.3. The van der Waals surface area contributed by atoms with Crippen molar-refractivity contribution in [1.29, 1.82) is 0 Å². The number of carbonyl (C=O) groups is 1. The van der Waals surface area contributed by atoms with Gasteiger partial charge >= 0.3 is 0 Å². The van der Waals surface area contributed by atoms with Crippen LogP contribution >= 0.6 is 35.4 Å². The summed E-state index contributed by atoms with van der Waals surface area (Å²) in [5, 5.41) is 6.44. The van der Waals surface area contributed by atoms with E-state index in [0.29, 0.717) is 32.8 Å². The lowest BCUT2D eigenvalue weighted by atomic mass is 10.2. The fourth-order valence-corrected chi connectivity index (χ4v) is 2.68. The van der Waals surface area contributed by atoms with Crippen molar-refractivity contribution in [3.8, 4) is 11.5 Å². The summed E-state index contributed by atoms with van der Waals surface area (Å²) in [6.07, 6.45) is 0. The first-order valence-corrected chi connectivity index (χ1v) is 7.90. The second kappa shape index (κ2) is 8.19. The highest BCUT2D eigenvalue weighted by Crippen LogP contribution is 2.25. The Bertz CT molecular complexity index is 764. The molecule has 8 heteroatoms. The third kappa shape index (κ3) is 4.74. The summed E-state index contributed by atoms with van der Waals surface area (Å²) in [5.41, 5.74) is 0.895. The average molecular weight is 385 g/mol. The van der Waals surface area contributed by atoms with Gasteiger partial charge in [-0.3, -0.25) is 10.1 Å². The average Bonchev–Trinajstić information content (AvgIpc) is 2.52. The van der Waals surface area contributed by atoms with E-state index < -0.39 is 5.91 Å². The first kappa shape index (κ1) is 18.3. The molecule has 0 saturated carbocycles. The number of hydrogen-bond donors (Lipinski definition) is 2. The largest absolute Gasteiger partial charge is 0.497 e. The number of thiocarbonyl (C=S) groups is 1. The summed E-state index contributed by atoms with van der Waals surface area (Å²) in [5.74, 6) is 0.540. The molecule has 2 rings (SSSR count). The summed E-state index contributed by atoms with van der Waals surface area (Å²) in [4.78, 5) is 12.3. The Kier molecular flexibility index (Phi) is 6.25. The number of benzene rings is 2. The van der Waals surface area contributed by atoms with Gasteiger partial charge in [0, 0.05) is 21.8 Å². The normalized spacial score (nSPS) is 10.0. The van der Waals surface area contributed by atoms with Crippen LogP contribution < -0.4 is 20.1 Å². The van der Waals surface area contributed by atoms with Gasteiger partial charge in [0.15, 0.2) is 5.11 Å². The van der Waals surface area contributed by atoms with Crippen molar-refractivity contribution < 1.29 is 14.3 Å². The highest BCUT2D eigenvalue weighted by molar-refractivity contribution is 7.80. The van der Waals surface area contributed by atoms with Crippen molar-refractivity contribution in [2.75, 3.05) is 19.5 Å². The number of halogens is 2. The fraction of sp³-hybridized carbons (Fsp3) is 0.125. The van der Waals surface area contributed by atoms with E-state index in [1.165, 1.54) is 14.2 Å². The summed E-state index contributed by atoms with van der Waals surface area (Å²) in [6, 6.07) is 9.73. The maximum absolute atomic E-state index is 12.3. The number of amides is 1. The van der Waals surface area contributed by atoms with Crippen LogP contribution in [0.3, 0.4) is 0 Å². The van der Waals surface area contributed by atoms with Gasteiger partial charge in [-0.25, -0.2) is 0 Å². The number of methoxy groups -OCH3 is 2. The molecule has 0 bridgehead atoms. The number of ether oxygens (including phenoxy) is 2. The van der Waals surface area contributed by atoms with Gasteiger partial charge < -0.3 is 14.8 Å². The van der Waals surface area contributed by atoms with E-state index in [1.807, 2.05) is 0 Å². The second-order valence-corrected chi connectivity index (χ2v) is 5.91. The van der Waals surface area contributed by atoms with Crippen LogP contribution in [-0.2, 0) is 0 Å². The van der Waals surface area contributed by atoms with Crippen LogP contribution in [0.15, 0.2) is 36.4 Å². The van der Waals surface area contributed by atoms with E-state index in [1.54, 1.807) is 36.4 Å². The molecule has 0 unspecified atom stereocenters. The standard InChI is InChI=1S/C16H14Cl2N2O3S/c1-22-12-3-4-13(14(8-12)23-2)15(21)20-16(24)19-11-6-9(17)5-10(18)7-11/h3-8H,1-2H3,(H2,19,20,21,24). The van der Waals surface area contributed by atoms with Gasteiger partial charge in [-0.15, -0.1) is 0 Å². The van der Waals surface area contributed by atoms with Crippen LogP contribution in [-0.4, -0.2) is 25.2 Å². The van der Waals surface area contributed by atoms with Gasteiger partial charge in [0.2, 0.25) is 0 Å². The van der Waals surface area contributed by atoms with E-state index in [4.69, 9.17) is 44.9 Å². The Morgan fingerprint density at radius 3 is 2.29 bits per heavy atom. The highest BCUT2D eigenvalue weighted by atomic mass is 35.5. The SMILES string of the molecule is COc1ccc(C(=O)NC(=S)Nc2cc(Cl)cc(Cl)c2)c(OC)c1. The highest BCUT2D eigenvalue weighted by Gasteiger charge is 2.14. The van der Waals surface area contributed by atoms with Crippen LogP contribution in [0.5, 0.6) is 11.5 Å². The first-order chi connectivity index (χ1) is 11.4. The molecule has 0 saturated heterocycles. The zero-order chi connectivity index (χ0) is 17.7. The van der Waals surface area contributed by atoms with Crippen molar-refractivity contribution in [2.24, 2.45) is 0 Å². The molecule has 0 heterocycles. The Hall–Kier alpha value is -2.02. The molecule has 1 amide bonds. The van der Waals surface area contributed by atoms with Crippen LogP contribution in [0.25, 0.3) is 0 Å². The Labute approximate surface area is 154 Å². The Balaban J connectivity index is 2.10. The monoisotopic (exact) mass is 384 g/mol. The summed E-state index contributed by atoms with van der Waals surface area (Å²) in [7, 11) is 3.00. The number of anilines is 1. The molecule has 0 radical (unpaired) electrons. The van der Waals surface area contributed by atoms with Crippen molar-refractivity contribution in [2.45, 2.75) is 0 Å². The molecule has 0 spiro atoms. The van der Waals surface area contributed by atoms with Crippen LogP contribution in [0, 0.1) is 0 Å². The number of nitrogens with one attached hydrogen (secondary N) is 2. The molecule has 24 heavy (non-hydrogen) atoms. The van der Waals surface area contributed by atoms with E-state index >= 15 is 0 Å². The molecule has 2 N–H and O–H groups in total. The summed E-state index contributed by atoms with van der Waals surface area (Å²) in [6.45, 7) is 0. The predicted octanol–water partition coefficient (Wildman–Crippen LogP) is 4.14. The van der Waals surface area contributed by atoms with Gasteiger partial charge in [0.25, 0.3) is 5.91 Å². The molecular formula is C16H14Cl2N2O3S. The molecule has 0 aliphatic carbocycles. The molecule has 5 nitrogen and oxygen atoms in total. The van der Waals surface area contributed by atoms with Gasteiger partial charge in [-0.05, 0) is 42.5 Å². The molecule has 0 atom stereocenters. The molecular weight excluding hydrogens is 371 g/mol. The van der Waals surface area contributed by atoms with Crippen LogP contribution in [0.1, 0.15) is 10.4 Å². The second-order valence-electron chi connectivity index (χ2n) is 4.63. The topological polar surface area (TPSA) is 59.6 Å². The minimum atomic E-state index is -0.417. The predicted molar refractivity (Wildman–Crippen MR) is 99.7 cm³/mol. The lowest BCUT2D eigenvalue weighted by Crippen LogP contribution is -2.34. The quantitative estimate of drug-likeness (QED) is 0.775. The number of hydrogen-bond acceptors (Lipinski definition) is 4. The zero-order valence-electron chi connectivity index (χ0n) is 12.9. The minimum Gasteiger partial charge on any atom is -0.497 e. The Morgan fingerprint density at radius 2 is 1.71 bits per heavy atom. The molecule has 2 aromatic carbocycles. The van der Waals surface area contributed by atoms with Crippen molar-refractivity contribution in [3.63, 3.8) is 0 Å². The van der Waals surface area contributed by atoms with E-state index in [2.05, 4.69) is 10.6 Å². The van der Waals surface area contributed by atoms with Crippen LogP contribution in [0.4, 0.5) is 5.69 Å². The summed E-state index contributed by atoms with van der Waals surface area (Å²) < 4.78 is 10.3. The molecule has 0 aromatic heterocycles. The zero-order valence-corrected chi connectivity index (χ0v) is 15.2. The van der Waals surface area contributed by atoms with Gasteiger partial charge in [0.1, 0.15) is 11.5 Å². The van der Waals surface area contributed by atoms with Gasteiger partial charge in [0.05, 0.1) is 19.8 Å². The van der Waals surface area contributed by atoms with Crippen molar-refractivity contribution in [3.05, 3.63) is 52.0 Å². The summed E-state index contributed by atoms with van der Waals surface area (Å²) >= 11 is 17.0. The van der Waals surface area contributed by atoms with Crippen LogP contribution in [0.2, 0.25) is 10.0 Å². The first-order valence-electron chi connectivity index (χ1n) is 6.73. The molecule has 0 aliphatic rings. The van der Waals surface area contributed by atoms with E-state index in [-0.39, 0.29) is 5.11 Å². The van der Waals surface area contributed by atoms with Crippen molar-refractivity contribution in [1.82, 2.24) is 5.32 Å².